The second-order valence-electron chi connectivity index (χ2n) is 33.0. The number of hydrogen-bond acceptors (Lipinski definition) is 12. The summed E-state index contributed by atoms with van der Waals surface area (Å²) in [5.41, 5.74) is 11.6. The van der Waals surface area contributed by atoms with Crippen LogP contribution in [0.2, 0.25) is 0 Å². The fourth-order valence-corrected chi connectivity index (χ4v) is 13.8. The number of para-hydroxylation sites is 4. The molecule has 0 aliphatic rings. The number of halogens is 6. The molecule has 0 saturated heterocycles. The Bertz CT molecular complexity index is 5080. The van der Waals surface area contributed by atoms with Gasteiger partial charge in [-0.2, -0.15) is 26.3 Å². The van der Waals surface area contributed by atoms with Gasteiger partial charge in [0.1, 0.15) is 23.0 Å². The van der Waals surface area contributed by atoms with E-state index in [2.05, 4.69) is 300 Å². The van der Waals surface area contributed by atoms with Crippen molar-refractivity contribution in [2.24, 2.45) is 0 Å². The van der Waals surface area contributed by atoms with Crippen molar-refractivity contribution >= 4 is 31.4 Å². The van der Waals surface area contributed by atoms with Crippen molar-refractivity contribution in [3.05, 3.63) is 360 Å². The van der Waals surface area contributed by atoms with Crippen LogP contribution >= 0.6 is 0 Å². The first-order chi connectivity index (χ1) is 63.4. The van der Waals surface area contributed by atoms with Gasteiger partial charge in [-0.15, -0.1) is 0 Å². The quantitative estimate of drug-likeness (QED) is 0.0113. The summed E-state index contributed by atoms with van der Waals surface area (Å²) in [7, 11) is -5.48. The van der Waals surface area contributed by atoms with Gasteiger partial charge in [0.05, 0.1) is 89.1 Å². The minimum atomic E-state index is -6.09. The Morgan fingerprint density at radius 3 is 0.706 bits per heavy atom. The molecule has 0 N–H and O–H groups in total. The van der Waals surface area contributed by atoms with Gasteiger partial charge in [-0.25, -0.2) is 16.8 Å². The molecule has 0 amide bonds. The number of imidazole rings is 2. The molecule has 0 unspecified atom stereocenters. The average Bonchev–Trinajstić information content (AvgIpc) is 1.61. The molecule has 0 aliphatic heterocycles. The van der Waals surface area contributed by atoms with E-state index in [1.807, 2.05) is 160 Å². The molecule has 12 aromatic rings. The molecule has 12 rings (SSSR count). The van der Waals surface area contributed by atoms with Gasteiger partial charge >= 0.3 is 55.8 Å². The van der Waals surface area contributed by atoms with Crippen LogP contribution < -0.4 is 37.2 Å². The summed E-state index contributed by atoms with van der Waals surface area (Å²) >= 11 is 0. The predicted octanol–water partition coefficient (Wildman–Crippen LogP) is 24.5. The number of allylic oxidation sites excluding steroid dienone is 2. The number of rotatable bonds is 28. The molecule has 0 saturated carbocycles. The van der Waals surface area contributed by atoms with E-state index in [9.17, 15) is 26.3 Å². The van der Waals surface area contributed by atoms with Gasteiger partial charge in [0.15, 0.2) is 20.2 Å². The zero-order chi connectivity index (χ0) is 99.8. The number of pyridine rings is 2. The van der Waals surface area contributed by atoms with Crippen molar-refractivity contribution < 1.29 is 144 Å². The third kappa shape index (κ3) is 37.2. The van der Waals surface area contributed by atoms with Gasteiger partial charge in [-0.3, -0.25) is 27.4 Å². The minimum absolute atomic E-state index is 0. The molecular formula is C108H134Au2F6N6O12S2. The van der Waals surface area contributed by atoms with Crippen LogP contribution in [0.3, 0.4) is 0 Å². The summed E-state index contributed by atoms with van der Waals surface area (Å²) in [6, 6.07) is 71.2. The van der Waals surface area contributed by atoms with Crippen molar-refractivity contribution in [2.75, 3.05) is 54.9 Å². The van der Waals surface area contributed by atoms with Crippen LogP contribution in [0.5, 0.6) is 23.0 Å². The molecule has 4 heterocycles. The molecule has 28 heteroatoms. The Morgan fingerprint density at radius 1 is 0.338 bits per heavy atom. The maximum atomic E-state index is 10.7. The smallest absolute Gasteiger partial charge is 0.741 e. The van der Waals surface area contributed by atoms with E-state index in [1.165, 1.54) is 67.3 Å². The first kappa shape index (κ1) is 120. The van der Waals surface area contributed by atoms with Gasteiger partial charge in [0.25, 0.3) is 12.7 Å². The fourth-order valence-electron chi connectivity index (χ4n) is 13.8. The monoisotopic (exact) mass is 2280 g/mol. The SMILES string of the molecule is CC(C)c1cccc(C(C)C)c1-n1[c-][n+](-c2c(C(C)C)cccc2C(C)C)cc1.CC(C)c1cccc(C(C)C)c1-n1[c-][n+](-c2c(C(C)C)cccc2C(C)C)cc1.CCOCC.CCOCC.COc1ccc(C(=C[CH-][n+]2ccccc2)c2ccc(OC)cc2)cc1.COc1ccc(C(=C[CH-][n+]2ccccc2)c2ccc(OC)cc2)cc1.O=S(=O)([O-])C(F)(F)F.O=S(=O)([O-])C(F)(F)F.[Au+].[Au+]. The van der Waals surface area contributed by atoms with Gasteiger partial charge in [0.2, 0.25) is 0 Å². The van der Waals surface area contributed by atoms with Crippen LogP contribution in [0.15, 0.2) is 268 Å². The van der Waals surface area contributed by atoms with Crippen molar-refractivity contribution in [1.29, 1.82) is 0 Å². The van der Waals surface area contributed by atoms with E-state index in [-0.39, 0.29) is 44.8 Å². The topological polar surface area (TPSA) is 195 Å². The van der Waals surface area contributed by atoms with Crippen molar-refractivity contribution in [3.63, 3.8) is 0 Å². The molecule has 0 radical (unpaired) electrons. The number of ether oxygens (including phenoxy) is 6. The zero-order valence-corrected chi connectivity index (χ0v) is 88.2. The van der Waals surface area contributed by atoms with Gasteiger partial charge in [0, 0.05) is 51.2 Å². The largest absolute Gasteiger partial charge is 1.00 e. The summed E-state index contributed by atoms with van der Waals surface area (Å²) in [5.74, 6) is 7.07. The van der Waals surface area contributed by atoms with Crippen LogP contribution in [0.4, 0.5) is 26.3 Å². The van der Waals surface area contributed by atoms with E-state index in [0.29, 0.717) is 47.3 Å². The third-order valence-electron chi connectivity index (χ3n) is 20.8. The van der Waals surface area contributed by atoms with Crippen molar-refractivity contribution in [1.82, 2.24) is 9.13 Å². The molecule has 0 bridgehead atoms. The summed E-state index contributed by atoms with van der Waals surface area (Å²) in [6.07, 6.45) is 28.2. The number of benzene rings is 8. The van der Waals surface area contributed by atoms with Crippen LogP contribution in [-0.4, -0.2) is 101 Å². The molecule has 136 heavy (non-hydrogen) atoms. The van der Waals surface area contributed by atoms with Crippen LogP contribution in [0.25, 0.3) is 33.9 Å². The van der Waals surface area contributed by atoms with Gasteiger partial charge in [-0.1, -0.05) is 290 Å². The number of aromatic nitrogens is 6. The predicted molar refractivity (Wildman–Crippen MR) is 520 cm³/mol. The summed E-state index contributed by atoms with van der Waals surface area (Å²) in [5, 5.41) is 0. The summed E-state index contributed by atoms with van der Waals surface area (Å²) < 4.78 is 161. The molecule has 4 aromatic heterocycles. The average molecular weight is 2280 g/mol. The summed E-state index contributed by atoms with van der Waals surface area (Å²) in [4.78, 5) is 0. The van der Waals surface area contributed by atoms with Crippen molar-refractivity contribution in [2.45, 2.75) is 197 Å². The second-order valence-corrected chi connectivity index (χ2v) is 35.8. The van der Waals surface area contributed by atoms with Crippen LogP contribution in [0, 0.1) is 25.7 Å². The van der Waals surface area contributed by atoms with E-state index in [0.717, 1.165) is 82.8 Å². The van der Waals surface area contributed by atoms with Crippen molar-refractivity contribution in [3.8, 4) is 45.7 Å². The molecule has 18 nitrogen and oxygen atoms in total. The third-order valence-corrected chi connectivity index (χ3v) is 21.9. The Morgan fingerprint density at radius 2 is 0.537 bits per heavy atom. The maximum Gasteiger partial charge on any atom is 1.00 e. The Balaban J connectivity index is 0.000000427. The Hall–Kier alpha value is -10.3. The normalized spacial score (nSPS) is 11.1. The molecular weight excluding hydrogens is 2150 g/mol. The Labute approximate surface area is 836 Å². The first-order valence-electron chi connectivity index (χ1n) is 44.7. The van der Waals surface area contributed by atoms with E-state index in [4.69, 9.17) is 54.4 Å². The molecule has 0 aliphatic carbocycles. The van der Waals surface area contributed by atoms with E-state index in [1.54, 1.807) is 28.4 Å². The van der Waals surface area contributed by atoms with E-state index >= 15 is 0 Å². The van der Waals surface area contributed by atoms with Crippen LogP contribution in [-0.2, 0) is 74.5 Å². The molecule has 0 spiro atoms. The van der Waals surface area contributed by atoms with Gasteiger partial charge in [-0.05, 0) is 192 Å². The molecule has 0 fully saturated rings. The number of hydrogen-bond donors (Lipinski definition) is 0. The fraction of sp³-hybridized carbons (Fsp3) is 0.352. The number of methoxy groups -OCH3 is 4. The maximum absolute atomic E-state index is 10.7. The molecule has 744 valence electrons. The number of nitrogens with zero attached hydrogens (tertiary/aromatic N) is 6. The van der Waals surface area contributed by atoms with Gasteiger partial charge < -0.3 is 37.5 Å². The molecule has 8 aromatic carbocycles. The minimum Gasteiger partial charge on any atom is -0.741 e. The first-order valence-corrected chi connectivity index (χ1v) is 47.5. The molecule has 0 atom stereocenters. The standard InChI is InChI=1S/2C27H36N2.2C22H21NO2.2C4H10O.2CHF3O3S.2Au/c2*1-18(2)22-11-9-12-23(19(3)4)26(22)28-15-16-29(17-28)27-24(20(5)6)13-10-14-25(27)21(7)8;2*1-24-20-10-6-18(7-11-20)22(14-17-23-15-4-3-5-16-23)19-8-12-21(25-2)13-9-19;2*1-3-5-4-2;2*2-1(3,4)8(5,6)7;;/h2*9-16,18-21H,1-8H3;2*3-17H,1-2H3;2*3-4H2,1-2H3;2*(H,5,6,7);;/q;;;;;;;;2*+1/p-2. The van der Waals surface area contributed by atoms with Crippen LogP contribution in [0.1, 0.15) is 253 Å². The number of alkyl halides is 6. The van der Waals surface area contributed by atoms with E-state index < -0.39 is 31.3 Å². The summed E-state index contributed by atoms with van der Waals surface area (Å²) in [6.45, 7) is 51.7. The zero-order valence-electron chi connectivity index (χ0n) is 82.3. The second kappa shape index (κ2) is 59.1. The Kier molecular flexibility index (Phi) is 52.1.